The zero-order chi connectivity index (χ0) is 20.0. The van der Waals surface area contributed by atoms with E-state index in [9.17, 15) is 13.2 Å². The van der Waals surface area contributed by atoms with Crippen molar-refractivity contribution in [2.24, 2.45) is 0 Å². The summed E-state index contributed by atoms with van der Waals surface area (Å²) in [5.41, 5.74) is 2.72. The predicted molar refractivity (Wildman–Crippen MR) is 107 cm³/mol. The summed E-state index contributed by atoms with van der Waals surface area (Å²) in [5, 5.41) is 2.91. The molecule has 0 aromatic heterocycles. The van der Waals surface area contributed by atoms with Crippen LogP contribution in [0.1, 0.15) is 24.5 Å². The molecule has 2 rings (SSSR count). The number of hydrogen-bond donors (Lipinski definition) is 1. The van der Waals surface area contributed by atoms with Crippen molar-refractivity contribution in [1.29, 1.82) is 0 Å². The first-order valence-electron chi connectivity index (χ1n) is 8.75. The van der Waals surface area contributed by atoms with Crippen LogP contribution in [-0.2, 0) is 21.4 Å². The van der Waals surface area contributed by atoms with Gasteiger partial charge in [-0.15, -0.1) is 0 Å². The van der Waals surface area contributed by atoms with Gasteiger partial charge in [-0.3, -0.25) is 9.10 Å². The highest BCUT2D eigenvalue weighted by Gasteiger charge is 2.19. The number of amides is 1. The molecule has 0 fully saturated rings. The van der Waals surface area contributed by atoms with Crippen LogP contribution < -0.4 is 14.4 Å². The Morgan fingerprint density at radius 2 is 1.78 bits per heavy atom. The zero-order valence-corrected chi connectivity index (χ0v) is 16.9. The van der Waals surface area contributed by atoms with Crippen molar-refractivity contribution < 1.29 is 17.9 Å². The molecule has 2 aromatic rings. The first kappa shape index (κ1) is 20.8. The van der Waals surface area contributed by atoms with Gasteiger partial charge >= 0.3 is 0 Å². The number of nitrogens with one attached hydrogen (secondary N) is 1. The molecule has 0 heterocycles. The molecule has 1 atom stereocenters. The summed E-state index contributed by atoms with van der Waals surface area (Å²) in [5.74, 6) is 0.330. The van der Waals surface area contributed by atoms with E-state index in [1.165, 1.54) is 11.4 Å². The van der Waals surface area contributed by atoms with E-state index in [0.717, 1.165) is 17.4 Å². The molecule has 0 saturated heterocycles. The molecular weight excluding hydrogens is 364 g/mol. The van der Waals surface area contributed by atoms with Gasteiger partial charge < -0.3 is 10.1 Å². The summed E-state index contributed by atoms with van der Waals surface area (Å²) < 4.78 is 30.1. The maximum Gasteiger partial charge on any atom is 0.261 e. The third kappa shape index (κ3) is 5.72. The topological polar surface area (TPSA) is 75.7 Å². The summed E-state index contributed by atoms with van der Waals surface area (Å²) in [7, 11) is -1.83. The van der Waals surface area contributed by atoms with Gasteiger partial charge in [-0.05, 0) is 48.7 Å². The largest absolute Gasteiger partial charge is 0.481 e. The van der Waals surface area contributed by atoms with Crippen molar-refractivity contribution in [2.75, 3.05) is 17.6 Å². The molecule has 0 aliphatic rings. The Bertz CT molecular complexity index is 879. The Labute approximate surface area is 161 Å². The Morgan fingerprint density at radius 1 is 1.15 bits per heavy atom. The summed E-state index contributed by atoms with van der Waals surface area (Å²) in [6, 6.07) is 14.5. The number of carbonyl (C=O) groups is 1. The number of benzene rings is 2. The lowest BCUT2D eigenvalue weighted by atomic mass is 10.1. The third-order valence-corrected chi connectivity index (χ3v) is 5.56. The van der Waals surface area contributed by atoms with Gasteiger partial charge in [0.1, 0.15) is 5.75 Å². The maximum absolute atomic E-state index is 12.4. The SMILES string of the molecule is CC[C@@H](Oc1ccc(N(C)S(C)(=O)=O)cc1)C(=O)NCc1ccccc1C. The molecule has 0 spiro atoms. The quantitative estimate of drug-likeness (QED) is 0.752. The normalized spacial score (nSPS) is 12.3. The fraction of sp³-hybridized carbons (Fsp3) is 0.350. The average molecular weight is 391 g/mol. The van der Waals surface area contributed by atoms with Crippen molar-refractivity contribution in [3.05, 3.63) is 59.7 Å². The number of nitrogens with zero attached hydrogens (tertiary/aromatic N) is 1. The highest BCUT2D eigenvalue weighted by atomic mass is 32.2. The summed E-state index contributed by atoms with van der Waals surface area (Å²) in [6.45, 7) is 4.33. The molecule has 0 radical (unpaired) electrons. The number of ether oxygens (including phenoxy) is 1. The highest BCUT2D eigenvalue weighted by molar-refractivity contribution is 7.92. The zero-order valence-electron chi connectivity index (χ0n) is 16.1. The fourth-order valence-corrected chi connectivity index (χ4v) is 3.02. The first-order valence-corrected chi connectivity index (χ1v) is 10.6. The number of sulfonamides is 1. The Hall–Kier alpha value is -2.54. The average Bonchev–Trinajstić information content (AvgIpc) is 2.64. The molecule has 7 heteroatoms. The Kier molecular flexibility index (Phi) is 6.85. The van der Waals surface area contributed by atoms with Crippen LogP contribution in [0, 0.1) is 6.92 Å². The second-order valence-corrected chi connectivity index (χ2v) is 8.40. The lowest BCUT2D eigenvalue weighted by Crippen LogP contribution is -2.37. The van der Waals surface area contributed by atoms with E-state index in [1.54, 1.807) is 24.3 Å². The van der Waals surface area contributed by atoms with E-state index in [4.69, 9.17) is 4.74 Å². The molecule has 0 unspecified atom stereocenters. The second kappa shape index (κ2) is 8.90. The van der Waals surface area contributed by atoms with Crippen LogP contribution in [0.2, 0.25) is 0 Å². The van der Waals surface area contributed by atoms with E-state index < -0.39 is 16.1 Å². The molecular formula is C20H26N2O4S. The lowest BCUT2D eigenvalue weighted by molar-refractivity contribution is -0.128. The molecule has 0 aliphatic carbocycles. The smallest absolute Gasteiger partial charge is 0.261 e. The van der Waals surface area contributed by atoms with Crippen LogP contribution in [0.25, 0.3) is 0 Å². The molecule has 27 heavy (non-hydrogen) atoms. The molecule has 0 saturated carbocycles. The number of aryl methyl sites for hydroxylation is 1. The molecule has 0 bridgehead atoms. The first-order chi connectivity index (χ1) is 12.7. The van der Waals surface area contributed by atoms with Gasteiger partial charge in [0.2, 0.25) is 10.0 Å². The van der Waals surface area contributed by atoms with Gasteiger partial charge in [-0.25, -0.2) is 8.42 Å². The van der Waals surface area contributed by atoms with E-state index in [-0.39, 0.29) is 5.91 Å². The van der Waals surface area contributed by atoms with Gasteiger partial charge in [-0.2, -0.15) is 0 Å². The van der Waals surface area contributed by atoms with E-state index >= 15 is 0 Å². The molecule has 1 N–H and O–H groups in total. The summed E-state index contributed by atoms with van der Waals surface area (Å²) in [6.07, 6.45) is 1.04. The van der Waals surface area contributed by atoms with Crippen LogP contribution in [-0.4, -0.2) is 33.7 Å². The minimum atomic E-state index is -3.32. The van der Waals surface area contributed by atoms with Crippen LogP contribution in [0.15, 0.2) is 48.5 Å². The predicted octanol–water partition coefficient (Wildman–Crippen LogP) is 2.86. The Morgan fingerprint density at radius 3 is 2.33 bits per heavy atom. The van der Waals surface area contributed by atoms with Crippen molar-refractivity contribution >= 4 is 21.6 Å². The number of carbonyl (C=O) groups excluding carboxylic acids is 1. The van der Waals surface area contributed by atoms with Crippen molar-refractivity contribution in [1.82, 2.24) is 5.32 Å². The fourth-order valence-electron chi connectivity index (χ4n) is 2.52. The molecule has 0 aliphatic heterocycles. The van der Waals surface area contributed by atoms with Crippen molar-refractivity contribution in [3.8, 4) is 5.75 Å². The van der Waals surface area contributed by atoms with Gasteiger partial charge in [0, 0.05) is 13.6 Å². The monoisotopic (exact) mass is 390 g/mol. The van der Waals surface area contributed by atoms with Gasteiger partial charge in [0.05, 0.1) is 11.9 Å². The second-order valence-electron chi connectivity index (χ2n) is 6.38. The number of hydrogen-bond acceptors (Lipinski definition) is 4. The van der Waals surface area contributed by atoms with Crippen molar-refractivity contribution in [3.63, 3.8) is 0 Å². The van der Waals surface area contributed by atoms with Crippen LogP contribution in [0.5, 0.6) is 5.75 Å². The number of anilines is 1. The van der Waals surface area contributed by atoms with Crippen LogP contribution in [0.3, 0.4) is 0 Å². The summed E-state index contributed by atoms with van der Waals surface area (Å²) >= 11 is 0. The minimum absolute atomic E-state index is 0.182. The molecule has 146 valence electrons. The maximum atomic E-state index is 12.4. The summed E-state index contributed by atoms with van der Waals surface area (Å²) in [4.78, 5) is 12.4. The molecule has 1 amide bonds. The lowest BCUT2D eigenvalue weighted by Gasteiger charge is -2.19. The molecule has 2 aromatic carbocycles. The van der Waals surface area contributed by atoms with Crippen LogP contribution >= 0.6 is 0 Å². The van der Waals surface area contributed by atoms with Gasteiger partial charge in [0.25, 0.3) is 5.91 Å². The minimum Gasteiger partial charge on any atom is -0.481 e. The highest BCUT2D eigenvalue weighted by Crippen LogP contribution is 2.21. The van der Waals surface area contributed by atoms with Crippen LogP contribution in [0.4, 0.5) is 5.69 Å². The molecule has 6 nitrogen and oxygen atoms in total. The van der Waals surface area contributed by atoms with Crippen molar-refractivity contribution in [2.45, 2.75) is 32.9 Å². The van der Waals surface area contributed by atoms with E-state index in [0.29, 0.717) is 24.4 Å². The third-order valence-electron chi connectivity index (χ3n) is 4.35. The van der Waals surface area contributed by atoms with E-state index in [2.05, 4.69) is 5.32 Å². The standard InChI is InChI=1S/C20H26N2O4S/c1-5-19(20(23)21-14-16-9-7-6-8-15(16)2)26-18-12-10-17(11-13-18)22(3)27(4,24)25/h6-13,19H,5,14H2,1-4H3,(H,21,23)/t19-/m1/s1. The Balaban J connectivity index is 1.99. The van der Waals surface area contributed by atoms with E-state index in [1.807, 2.05) is 38.1 Å². The number of rotatable bonds is 8. The van der Waals surface area contributed by atoms with Gasteiger partial charge in [-0.1, -0.05) is 31.2 Å². The van der Waals surface area contributed by atoms with Gasteiger partial charge in [0.15, 0.2) is 6.10 Å².